The third-order valence-corrected chi connectivity index (χ3v) is 4.84. The van der Waals surface area contributed by atoms with Gasteiger partial charge in [-0.05, 0) is 52.7 Å². The molecular weight excluding hydrogens is 212 g/mol. The van der Waals surface area contributed by atoms with E-state index in [1.54, 1.807) is 0 Å². The lowest BCUT2D eigenvalue weighted by Gasteiger charge is -2.32. The standard InChI is InChI=1S/C10H22N2O2S/c1-11-15(13,14)8-9-4-6-10(7-5-9)12(2)3/h9-11H,4-8H2,1-3H3. The third-order valence-electron chi connectivity index (χ3n) is 3.31. The maximum absolute atomic E-state index is 11.4. The van der Waals surface area contributed by atoms with Crippen molar-refractivity contribution in [1.29, 1.82) is 0 Å². The van der Waals surface area contributed by atoms with Gasteiger partial charge in [-0.25, -0.2) is 13.1 Å². The summed E-state index contributed by atoms with van der Waals surface area (Å²) in [5, 5.41) is 0. The third kappa shape index (κ3) is 4.09. The molecule has 0 saturated heterocycles. The molecule has 0 radical (unpaired) electrons. The van der Waals surface area contributed by atoms with Gasteiger partial charge < -0.3 is 4.90 Å². The Morgan fingerprint density at radius 2 is 1.73 bits per heavy atom. The number of hydrogen-bond acceptors (Lipinski definition) is 3. The predicted molar refractivity (Wildman–Crippen MR) is 62.3 cm³/mol. The molecule has 1 rings (SSSR count). The monoisotopic (exact) mass is 234 g/mol. The van der Waals surface area contributed by atoms with Crippen molar-refractivity contribution in [3.63, 3.8) is 0 Å². The van der Waals surface area contributed by atoms with E-state index in [9.17, 15) is 8.42 Å². The largest absolute Gasteiger partial charge is 0.306 e. The zero-order chi connectivity index (χ0) is 11.5. The van der Waals surface area contributed by atoms with E-state index in [1.165, 1.54) is 7.05 Å². The van der Waals surface area contributed by atoms with Crippen molar-refractivity contribution < 1.29 is 8.42 Å². The molecule has 0 spiro atoms. The Balaban J connectivity index is 2.38. The first kappa shape index (κ1) is 12.9. The van der Waals surface area contributed by atoms with Gasteiger partial charge in [-0.1, -0.05) is 0 Å². The molecule has 1 fully saturated rings. The summed E-state index contributed by atoms with van der Waals surface area (Å²) in [6.07, 6.45) is 4.31. The van der Waals surface area contributed by atoms with Crippen LogP contribution in [-0.2, 0) is 10.0 Å². The van der Waals surface area contributed by atoms with Gasteiger partial charge in [0.05, 0.1) is 5.75 Å². The van der Waals surface area contributed by atoms with Crippen molar-refractivity contribution in [1.82, 2.24) is 9.62 Å². The van der Waals surface area contributed by atoms with Gasteiger partial charge in [0.15, 0.2) is 0 Å². The van der Waals surface area contributed by atoms with E-state index >= 15 is 0 Å². The van der Waals surface area contributed by atoms with Crippen LogP contribution in [0.2, 0.25) is 0 Å². The first-order valence-electron chi connectivity index (χ1n) is 5.52. The summed E-state index contributed by atoms with van der Waals surface area (Å²) in [7, 11) is 2.65. The highest BCUT2D eigenvalue weighted by atomic mass is 32.2. The van der Waals surface area contributed by atoms with E-state index in [-0.39, 0.29) is 0 Å². The second-order valence-corrected chi connectivity index (χ2v) is 6.59. The molecule has 0 aliphatic heterocycles. The molecule has 0 amide bonds. The minimum atomic E-state index is -3.02. The number of rotatable bonds is 4. The molecule has 5 heteroatoms. The maximum Gasteiger partial charge on any atom is 0.211 e. The van der Waals surface area contributed by atoms with Gasteiger partial charge in [0, 0.05) is 6.04 Å². The summed E-state index contributed by atoms with van der Waals surface area (Å²) >= 11 is 0. The second kappa shape index (κ2) is 5.27. The van der Waals surface area contributed by atoms with Crippen LogP contribution in [-0.4, -0.2) is 46.3 Å². The number of nitrogens with one attached hydrogen (secondary N) is 1. The molecule has 90 valence electrons. The fourth-order valence-electron chi connectivity index (χ4n) is 2.22. The maximum atomic E-state index is 11.4. The van der Waals surface area contributed by atoms with Crippen LogP contribution in [0.25, 0.3) is 0 Å². The predicted octanol–water partition coefficient (Wildman–Crippen LogP) is 0.656. The summed E-state index contributed by atoms with van der Waals surface area (Å²) < 4.78 is 25.1. The van der Waals surface area contributed by atoms with E-state index in [2.05, 4.69) is 23.7 Å². The zero-order valence-electron chi connectivity index (χ0n) is 9.86. The van der Waals surface area contributed by atoms with Gasteiger partial charge in [-0.2, -0.15) is 0 Å². The zero-order valence-corrected chi connectivity index (χ0v) is 10.7. The lowest BCUT2D eigenvalue weighted by Crippen LogP contribution is -2.35. The summed E-state index contributed by atoms with van der Waals surface area (Å²) in [6, 6.07) is 0.638. The molecule has 1 N–H and O–H groups in total. The van der Waals surface area contributed by atoms with Crippen molar-refractivity contribution in [3.8, 4) is 0 Å². The molecule has 0 bridgehead atoms. The van der Waals surface area contributed by atoms with Crippen molar-refractivity contribution in [2.24, 2.45) is 5.92 Å². The summed E-state index contributed by atoms with van der Waals surface area (Å²) in [4.78, 5) is 2.24. The minimum Gasteiger partial charge on any atom is -0.306 e. The normalized spacial score (nSPS) is 28.3. The van der Waals surface area contributed by atoms with Crippen molar-refractivity contribution in [2.45, 2.75) is 31.7 Å². The van der Waals surface area contributed by atoms with Crippen LogP contribution in [0, 0.1) is 5.92 Å². The molecule has 1 aliphatic rings. The van der Waals surface area contributed by atoms with Crippen LogP contribution in [0.15, 0.2) is 0 Å². The van der Waals surface area contributed by atoms with Gasteiger partial charge in [-0.3, -0.25) is 0 Å². The van der Waals surface area contributed by atoms with Crippen molar-refractivity contribution in [2.75, 3.05) is 26.9 Å². The number of hydrogen-bond donors (Lipinski definition) is 1. The average Bonchev–Trinajstić information content (AvgIpc) is 2.18. The highest BCUT2D eigenvalue weighted by Gasteiger charge is 2.25. The molecular formula is C10H22N2O2S. The Bertz CT molecular complexity index is 280. The molecule has 0 atom stereocenters. The fourth-order valence-corrected chi connectivity index (χ4v) is 3.34. The van der Waals surface area contributed by atoms with E-state index in [1.807, 2.05) is 0 Å². The van der Waals surface area contributed by atoms with E-state index in [0.29, 0.717) is 17.7 Å². The van der Waals surface area contributed by atoms with Crippen molar-refractivity contribution >= 4 is 10.0 Å². The Kier molecular flexibility index (Phi) is 4.55. The molecule has 1 aliphatic carbocycles. The molecule has 0 heterocycles. The minimum absolute atomic E-state index is 0.295. The molecule has 0 aromatic heterocycles. The number of sulfonamides is 1. The fraction of sp³-hybridized carbons (Fsp3) is 1.00. The summed E-state index contributed by atoms with van der Waals surface area (Å²) in [5.41, 5.74) is 0. The van der Waals surface area contributed by atoms with E-state index in [0.717, 1.165) is 25.7 Å². The molecule has 0 aromatic carbocycles. The summed E-state index contributed by atoms with van der Waals surface area (Å²) in [6.45, 7) is 0. The van der Waals surface area contributed by atoms with Crippen LogP contribution in [0.3, 0.4) is 0 Å². The molecule has 0 aromatic rings. The van der Waals surface area contributed by atoms with Crippen LogP contribution >= 0.6 is 0 Å². The van der Waals surface area contributed by atoms with Crippen LogP contribution in [0.1, 0.15) is 25.7 Å². The second-order valence-electron chi connectivity index (χ2n) is 4.62. The highest BCUT2D eigenvalue weighted by molar-refractivity contribution is 7.89. The Labute approximate surface area is 93.1 Å². The molecule has 1 saturated carbocycles. The smallest absolute Gasteiger partial charge is 0.211 e. The lowest BCUT2D eigenvalue weighted by atomic mass is 9.87. The topological polar surface area (TPSA) is 49.4 Å². The van der Waals surface area contributed by atoms with Gasteiger partial charge in [0.25, 0.3) is 0 Å². The van der Waals surface area contributed by atoms with Gasteiger partial charge in [0.1, 0.15) is 0 Å². The van der Waals surface area contributed by atoms with Crippen LogP contribution in [0.4, 0.5) is 0 Å². The van der Waals surface area contributed by atoms with Crippen LogP contribution < -0.4 is 4.72 Å². The first-order chi connectivity index (χ1) is 6.94. The number of nitrogens with zero attached hydrogens (tertiary/aromatic N) is 1. The highest BCUT2D eigenvalue weighted by Crippen LogP contribution is 2.27. The quantitative estimate of drug-likeness (QED) is 0.777. The van der Waals surface area contributed by atoms with E-state index in [4.69, 9.17) is 0 Å². The summed E-state index contributed by atoms with van der Waals surface area (Å²) in [5.74, 6) is 0.641. The lowest BCUT2D eigenvalue weighted by molar-refractivity contribution is 0.201. The van der Waals surface area contributed by atoms with Gasteiger partial charge >= 0.3 is 0 Å². The average molecular weight is 234 g/mol. The first-order valence-corrected chi connectivity index (χ1v) is 7.17. The van der Waals surface area contributed by atoms with Gasteiger partial charge in [0.2, 0.25) is 10.0 Å². The molecule has 0 unspecified atom stereocenters. The Morgan fingerprint density at radius 1 is 1.20 bits per heavy atom. The molecule has 4 nitrogen and oxygen atoms in total. The Hall–Kier alpha value is -0.130. The van der Waals surface area contributed by atoms with Gasteiger partial charge in [-0.15, -0.1) is 0 Å². The van der Waals surface area contributed by atoms with Crippen LogP contribution in [0.5, 0.6) is 0 Å². The molecule has 15 heavy (non-hydrogen) atoms. The SMILES string of the molecule is CNS(=O)(=O)CC1CCC(N(C)C)CC1. The van der Waals surface area contributed by atoms with Crippen molar-refractivity contribution in [3.05, 3.63) is 0 Å². The van der Waals surface area contributed by atoms with E-state index < -0.39 is 10.0 Å². The Morgan fingerprint density at radius 3 is 2.13 bits per heavy atom.